The van der Waals surface area contributed by atoms with Gasteiger partial charge in [0.15, 0.2) is 0 Å². The zero-order chi connectivity index (χ0) is 19.7. The standard InChI is InChI=1S/C16H21BIN5O3/c1-21(2)8-5-20-16(24)13-10-14(22(6-3-17)7-4-18)12(11-19)9-15(13)23(25)26/h9-10H,3-8H2,1-2H3,(H,20,24). The van der Waals surface area contributed by atoms with Gasteiger partial charge in [-0.05, 0) is 20.2 Å². The second-order valence-corrected chi connectivity index (χ2v) is 6.86. The van der Waals surface area contributed by atoms with Crippen molar-refractivity contribution in [1.82, 2.24) is 10.2 Å². The number of halogens is 1. The Kier molecular flexibility index (Phi) is 9.36. The number of alkyl halides is 1. The molecule has 0 aliphatic carbocycles. The minimum Gasteiger partial charge on any atom is -0.370 e. The van der Waals surface area contributed by atoms with Crippen LogP contribution in [-0.4, -0.2) is 68.3 Å². The molecule has 1 N–H and O–H groups in total. The topological polar surface area (TPSA) is 103 Å². The first kappa shape index (κ1) is 22.2. The van der Waals surface area contributed by atoms with E-state index in [1.807, 2.05) is 30.0 Å². The molecule has 0 unspecified atom stereocenters. The number of amides is 1. The van der Waals surface area contributed by atoms with Crippen LogP contribution < -0.4 is 10.2 Å². The van der Waals surface area contributed by atoms with Crippen LogP contribution in [0.3, 0.4) is 0 Å². The number of hydrogen-bond acceptors (Lipinski definition) is 6. The maximum absolute atomic E-state index is 12.5. The van der Waals surface area contributed by atoms with Crippen LogP contribution in [0.25, 0.3) is 0 Å². The van der Waals surface area contributed by atoms with Gasteiger partial charge >= 0.3 is 0 Å². The molecule has 1 aromatic carbocycles. The Hall–Kier alpha value is -1.87. The maximum Gasteiger partial charge on any atom is 0.283 e. The van der Waals surface area contributed by atoms with E-state index in [9.17, 15) is 20.2 Å². The first-order chi connectivity index (χ1) is 12.3. The molecule has 1 aromatic rings. The maximum atomic E-state index is 12.5. The highest BCUT2D eigenvalue weighted by atomic mass is 127. The Bertz CT molecular complexity index is 687. The highest BCUT2D eigenvalue weighted by Gasteiger charge is 2.25. The Labute approximate surface area is 168 Å². The van der Waals surface area contributed by atoms with Crippen LogP contribution in [0.2, 0.25) is 6.32 Å². The van der Waals surface area contributed by atoms with E-state index in [1.54, 1.807) is 0 Å². The minimum atomic E-state index is -0.642. The van der Waals surface area contributed by atoms with Crippen LogP contribution >= 0.6 is 22.6 Å². The van der Waals surface area contributed by atoms with Gasteiger partial charge in [0.05, 0.1) is 24.0 Å². The Morgan fingerprint density at radius 2 is 2.08 bits per heavy atom. The van der Waals surface area contributed by atoms with Crippen LogP contribution in [0.4, 0.5) is 11.4 Å². The summed E-state index contributed by atoms with van der Waals surface area (Å²) in [6.45, 7) is 2.07. The number of nitrogens with one attached hydrogen (secondary N) is 1. The van der Waals surface area contributed by atoms with E-state index in [4.69, 9.17) is 7.85 Å². The van der Waals surface area contributed by atoms with Gasteiger partial charge in [-0.3, -0.25) is 14.9 Å². The highest BCUT2D eigenvalue weighted by molar-refractivity contribution is 14.1. The number of likely N-dealkylation sites (N-methyl/N-ethyl adjacent to an activating group) is 1. The van der Waals surface area contributed by atoms with Gasteiger partial charge in [0.1, 0.15) is 11.6 Å². The quantitative estimate of drug-likeness (QED) is 0.184. The van der Waals surface area contributed by atoms with Gasteiger partial charge in [-0.2, -0.15) is 5.26 Å². The molecule has 0 heterocycles. The molecular formula is C16H21BIN5O3. The predicted octanol–water partition coefficient (Wildman–Crippen LogP) is 1.59. The fourth-order valence-corrected chi connectivity index (χ4v) is 2.94. The van der Waals surface area contributed by atoms with E-state index < -0.39 is 10.8 Å². The largest absolute Gasteiger partial charge is 0.370 e. The summed E-state index contributed by atoms with van der Waals surface area (Å²) in [4.78, 5) is 27.0. The van der Waals surface area contributed by atoms with Crippen molar-refractivity contribution >= 4 is 47.7 Å². The second-order valence-electron chi connectivity index (χ2n) is 5.78. The smallest absolute Gasteiger partial charge is 0.283 e. The van der Waals surface area contributed by atoms with Crippen molar-refractivity contribution in [1.29, 1.82) is 5.26 Å². The molecule has 10 heteroatoms. The summed E-state index contributed by atoms with van der Waals surface area (Å²) in [5.41, 5.74) is 0.200. The molecule has 0 bridgehead atoms. The molecular weight excluding hydrogens is 448 g/mol. The third kappa shape index (κ3) is 6.14. The summed E-state index contributed by atoms with van der Waals surface area (Å²) >= 11 is 2.20. The summed E-state index contributed by atoms with van der Waals surface area (Å²) < 4.78 is 0.782. The molecule has 26 heavy (non-hydrogen) atoms. The summed E-state index contributed by atoms with van der Waals surface area (Å²) in [6.07, 6.45) is 0.364. The van der Waals surface area contributed by atoms with E-state index in [2.05, 4.69) is 27.9 Å². The monoisotopic (exact) mass is 469 g/mol. The van der Waals surface area contributed by atoms with Gasteiger partial charge in [-0.15, -0.1) is 0 Å². The van der Waals surface area contributed by atoms with Crippen LogP contribution in [-0.2, 0) is 0 Å². The fraction of sp³-hybridized carbons (Fsp3) is 0.500. The third-order valence-corrected chi connectivity index (χ3v) is 4.10. The zero-order valence-electron chi connectivity index (χ0n) is 14.9. The summed E-state index contributed by atoms with van der Waals surface area (Å²) in [6, 6.07) is 4.56. The molecule has 0 aliphatic heterocycles. The van der Waals surface area contributed by atoms with E-state index in [0.717, 1.165) is 10.5 Å². The number of rotatable bonds is 10. The van der Waals surface area contributed by atoms with E-state index >= 15 is 0 Å². The molecule has 8 nitrogen and oxygen atoms in total. The number of nitrogens with zero attached hydrogens (tertiary/aromatic N) is 4. The van der Waals surface area contributed by atoms with Gasteiger partial charge in [0, 0.05) is 36.7 Å². The number of nitro groups is 1. The number of carbonyl (C=O) groups is 1. The molecule has 0 aliphatic rings. The number of hydrogen-bond donors (Lipinski definition) is 1. The molecule has 1 amide bonds. The van der Waals surface area contributed by atoms with Crippen LogP contribution in [0, 0.1) is 21.4 Å². The molecule has 0 atom stereocenters. The highest BCUT2D eigenvalue weighted by Crippen LogP contribution is 2.29. The number of nitro benzene ring substituents is 1. The van der Waals surface area contributed by atoms with Crippen molar-refractivity contribution in [2.45, 2.75) is 6.32 Å². The average molecular weight is 469 g/mol. The van der Waals surface area contributed by atoms with Gasteiger partial charge in [-0.25, -0.2) is 0 Å². The molecule has 0 fully saturated rings. The lowest BCUT2D eigenvalue weighted by Gasteiger charge is -2.25. The van der Waals surface area contributed by atoms with Crippen LogP contribution in [0.5, 0.6) is 0 Å². The molecule has 138 valence electrons. The molecule has 0 saturated heterocycles. The van der Waals surface area contributed by atoms with Gasteiger partial charge < -0.3 is 15.1 Å². The SMILES string of the molecule is [B]CCN(CCI)c1cc(C(=O)NCCN(C)C)c([N+](=O)[O-])cc1C#N. The molecule has 1 rings (SSSR count). The van der Waals surface area contributed by atoms with Crippen molar-refractivity contribution < 1.29 is 9.72 Å². The van der Waals surface area contributed by atoms with Gasteiger partial charge in [-0.1, -0.05) is 28.9 Å². The minimum absolute atomic E-state index is 0.0572. The van der Waals surface area contributed by atoms with E-state index in [-0.39, 0.29) is 16.8 Å². The normalized spacial score (nSPS) is 10.4. The van der Waals surface area contributed by atoms with Gasteiger partial charge in [0.2, 0.25) is 0 Å². The Morgan fingerprint density at radius 3 is 2.58 bits per heavy atom. The lowest BCUT2D eigenvalue weighted by molar-refractivity contribution is -0.385. The lowest BCUT2D eigenvalue weighted by atomic mass is 10.0. The first-order valence-corrected chi connectivity index (χ1v) is 9.54. The summed E-state index contributed by atoms with van der Waals surface area (Å²) in [7, 11) is 9.37. The third-order valence-electron chi connectivity index (χ3n) is 3.61. The summed E-state index contributed by atoms with van der Waals surface area (Å²) in [5, 5.41) is 23.5. The fourth-order valence-electron chi connectivity index (χ4n) is 2.36. The van der Waals surface area contributed by atoms with E-state index in [0.29, 0.717) is 38.2 Å². The summed E-state index contributed by atoms with van der Waals surface area (Å²) in [5.74, 6) is -0.536. The Balaban J connectivity index is 3.33. The number of nitriles is 1. The van der Waals surface area contributed by atoms with Crippen molar-refractivity contribution in [3.8, 4) is 6.07 Å². The zero-order valence-corrected chi connectivity index (χ0v) is 17.0. The van der Waals surface area contributed by atoms with Crippen molar-refractivity contribution in [2.75, 3.05) is 49.6 Å². The average Bonchev–Trinajstić information content (AvgIpc) is 2.59. The molecule has 0 spiro atoms. The lowest BCUT2D eigenvalue weighted by Crippen LogP contribution is -2.32. The molecule has 0 saturated carbocycles. The van der Waals surface area contributed by atoms with Crippen LogP contribution in [0.1, 0.15) is 15.9 Å². The number of anilines is 1. The van der Waals surface area contributed by atoms with Crippen molar-refractivity contribution in [2.24, 2.45) is 0 Å². The molecule has 0 aromatic heterocycles. The van der Waals surface area contributed by atoms with Crippen molar-refractivity contribution in [3.05, 3.63) is 33.4 Å². The van der Waals surface area contributed by atoms with Crippen LogP contribution in [0.15, 0.2) is 12.1 Å². The first-order valence-electron chi connectivity index (χ1n) is 8.02. The number of carbonyl (C=O) groups excluding carboxylic acids is 1. The predicted molar refractivity (Wildman–Crippen MR) is 110 cm³/mol. The van der Waals surface area contributed by atoms with E-state index in [1.165, 1.54) is 6.07 Å². The Morgan fingerprint density at radius 1 is 1.38 bits per heavy atom. The second kappa shape index (κ2) is 11.0. The molecule has 2 radical (unpaired) electrons. The van der Waals surface area contributed by atoms with Crippen molar-refractivity contribution in [3.63, 3.8) is 0 Å². The van der Waals surface area contributed by atoms with Gasteiger partial charge in [0.25, 0.3) is 11.6 Å². The number of benzene rings is 1.